The average molecular weight is 489 g/mol. The average Bonchev–Trinajstić information content (AvgIpc) is 3.28. The predicted octanol–water partition coefficient (Wildman–Crippen LogP) is 4.27. The van der Waals surface area contributed by atoms with Crippen LogP contribution in [0.5, 0.6) is 5.75 Å². The summed E-state index contributed by atoms with van der Waals surface area (Å²) in [5.41, 5.74) is -1.70. The number of aromatic nitrogens is 2. The van der Waals surface area contributed by atoms with E-state index in [-0.39, 0.29) is 15.9 Å². The molecule has 34 heavy (non-hydrogen) atoms. The molecule has 1 N–H and O–H groups in total. The largest absolute Gasteiger partial charge is 0.494 e. The lowest BCUT2D eigenvalue weighted by Gasteiger charge is -2.13. The Morgan fingerprint density at radius 2 is 1.82 bits per heavy atom. The third-order valence-electron chi connectivity index (χ3n) is 4.94. The predicted molar refractivity (Wildman–Crippen MR) is 123 cm³/mol. The van der Waals surface area contributed by atoms with Gasteiger partial charge in [0.15, 0.2) is 0 Å². The molecule has 7 nitrogen and oxygen atoms in total. The lowest BCUT2D eigenvalue weighted by Crippen LogP contribution is -2.40. The second-order valence-electron chi connectivity index (χ2n) is 7.20. The summed E-state index contributed by atoms with van der Waals surface area (Å²) in [6, 6.07) is 12.1. The van der Waals surface area contributed by atoms with E-state index >= 15 is 0 Å². The molecule has 0 saturated carbocycles. The number of ether oxygens (including phenoxy) is 1. The van der Waals surface area contributed by atoms with Crippen LogP contribution in [0.3, 0.4) is 0 Å². The van der Waals surface area contributed by atoms with E-state index in [1.165, 1.54) is 12.1 Å². The zero-order chi connectivity index (χ0) is 24.5. The van der Waals surface area contributed by atoms with E-state index in [2.05, 4.69) is 5.32 Å². The minimum Gasteiger partial charge on any atom is -0.494 e. The monoisotopic (exact) mass is 489 g/mol. The maximum atomic E-state index is 13.3. The molecule has 176 valence electrons. The number of alkyl halides is 3. The van der Waals surface area contributed by atoms with E-state index < -0.39 is 35.4 Å². The third kappa shape index (κ3) is 4.60. The zero-order valence-electron chi connectivity index (χ0n) is 17.8. The number of rotatable bonds is 6. The van der Waals surface area contributed by atoms with Crippen molar-refractivity contribution >= 4 is 33.1 Å². The number of nitrogens with one attached hydrogen (secondary N) is 1. The Labute approximate surface area is 194 Å². The molecule has 0 aliphatic carbocycles. The second-order valence-corrected chi connectivity index (χ2v) is 8.11. The van der Waals surface area contributed by atoms with Gasteiger partial charge in [-0.3, -0.25) is 14.2 Å². The fraction of sp³-hybridized carbons (Fsp3) is 0.174. The van der Waals surface area contributed by atoms with Crippen LogP contribution in [-0.2, 0) is 17.5 Å². The topological polar surface area (TPSA) is 82.3 Å². The van der Waals surface area contributed by atoms with Crippen LogP contribution in [0.25, 0.3) is 15.9 Å². The van der Waals surface area contributed by atoms with Crippen molar-refractivity contribution in [1.82, 2.24) is 9.13 Å². The molecule has 11 heteroatoms. The first kappa shape index (κ1) is 23.3. The van der Waals surface area contributed by atoms with Crippen LogP contribution in [-0.4, -0.2) is 21.6 Å². The highest BCUT2D eigenvalue weighted by atomic mass is 32.1. The van der Waals surface area contributed by atoms with Gasteiger partial charge < -0.3 is 10.1 Å². The molecule has 0 unspecified atom stereocenters. The van der Waals surface area contributed by atoms with E-state index in [4.69, 9.17) is 4.74 Å². The van der Waals surface area contributed by atoms with E-state index in [9.17, 15) is 27.6 Å². The van der Waals surface area contributed by atoms with Crippen LogP contribution in [0.1, 0.15) is 12.5 Å². The molecular formula is C23H18F3N3O4S. The van der Waals surface area contributed by atoms with Crippen LogP contribution in [0.15, 0.2) is 69.6 Å². The highest BCUT2D eigenvalue weighted by Gasteiger charge is 2.30. The molecule has 2 aromatic heterocycles. The number of fused-ring (bicyclic) bond motifs is 1. The minimum atomic E-state index is -4.56. The SMILES string of the molecule is CCOc1ccc(-n2c(=O)c3sccc3n(CC(=O)Nc3cccc(C(F)(F)F)c3)c2=O)cc1. The molecule has 0 aliphatic heterocycles. The van der Waals surface area contributed by atoms with E-state index in [0.717, 1.165) is 32.6 Å². The third-order valence-corrected chi connectivity index (χ3v) is 5.83. The number of carbonyl (C=O) groups is 1. The van der Waals surface area contributed by atoms with Gasteiger partial charge in [-0.25, -0.2) is 9.36 Å². The van der Waals surface area contributed by atoms with Crippen LogP contribution >= 0.6 is 11.3 Å². The van der Waals surface area contributed by atoms with E-state index in [0.29, 0.717) is 18.0 Å². The Kier molecular flexibility index (Phi) is 6.29. The lowest BCUT2D eigenvalue weighted by molar-refractivity contribution is -0.137. The molecule has 0 spiro atoms. The van der Waals surface area contributed by atoms with Crippen LogP contribution in [0.2, 0.25) is 0 Å². The summed E-state index contributed by atoms with van der Waals surface area (Å²) < 4.78 is 46.6. The molecule has 0 atom stereocenters. The Balaban J connectivity index is 1.71. The van der Waals surface area contributed by atoms with Gasteiger partial charge in [0, 0.05) is 5.69 Å². The normalized spacial score (nSPS) is 11.5. The number of hydrogen-bond acceptors (Lipinski definition) is 5. The first-order chi connectivity index (χ1) is 16.2. The van der Waals surface area contributed by atoms with E-state index in [1.807, 2.05) is 6.92 Å². The number of amides is 1. The fourth-order valence-corrected chi connectivity index (χ4v) is 4.27. The molecule has 0 bridgehead atoms. The van der Waals surface area contributed by atoms with Crippen molar-refractivity contribution in [3.63, 3.8) is 0 Å². The molecule has 2 heterocycles. The van der Waals surface area contributed by atoms with Crippen LogP contribution in [0, 0.1) is 0 Å². The summed E-state index contributed by atoms with van der Waals surface area (Å²) in [6.07, 6.45) is -4.56. The molecule has 0 radical (unpaired) electrons. The van der Waals surface area contributed by atoms with Gasteiger partial charge in [-0.15, -0.1) is 11.3 Å². The summed E-state index contributed by atoms with van der Waals surface area (Å²) in [6.45, 7) is 1.78. The van der Waals surface area contributed by atoms with Gasteiger partial charge in [-0.2, -0.15) is 13.2 Å². The second kappa shape index (κ2) is 9.18. The quantitative estimate of drug-likeness (QED) is 0.439. The lowest BCUT2D eigenvalue weighted by atomic mass is 10.2. The summed E-state index contributed by atoms with van der Waals surface area (Å²) in [5.74, 6) is -0.150. The number of nitrogens with zero attached hydrogens (tertiary/aromatic N) is 2. The van der Waals surface area contributed by atoms with Gasteiger partial charge >= 0.3 is 11.9 Å². The highest BCUT2D eigenvalue weighted by Crippen LogP contribution is 2.30. The molecule has 4 aromatic rings. The van der Waals surface area contributed by atoms with Gasteiger partial charge in [0.1, 0.15) is 17.0 Å². The molecule has 0 aliphatic rings. The first-order valence-corrected chi connectivity index (χ1v) is 11.0. The molecular weight excluding hydrogens is 471 g/mol. The standard InChI is InChI=1S/C23H18F3N3O4S/c1-2-33-17-8-6-16(7-9-17)29-21(31)20-18(10-11-34-20)28(22(29)32)13-19(30)27-15-5-3-4-14(12-15)23(24,25)26/h3-12H,2,13H2,1H3,(H,27,30). The Hall–Kier alpha value is -3.86. The van der Waals surface area contributed by atoms with Crippen molar-refractivity contribution in [1.29, 1.82) is 0 Å². The maximum absolute atomic E-state index is 13.3. The van der Waals surface area contributed by atoms with Crippen molar-refractivity contribution in [2.45, 2.75) is 19.6 Å². The molecule has 4 rings (SSSR count). The summed E-state index contributed by atoms with van der Waals surface area (Å²) >= 11 is 1.12. The molecule has 0 fully saturated rings. The Morgan fingerprint density at radius 1 is 1.09 bits per heavy atom. The van der Waals surface area contributed by atoms with Gasteiger partial charge in [0.25, 0.3) is 5.56 Å². The number of halogens is 3. The number of anilines is 1. The number of hydrogen-bond donors (Lipinski definition) is 1. The number of thiophene rings is 1. The van der Waals surface area contributed by atoms with Crippen molar-refractivity contribution in [3.05, 3.63) is 86.4 Å². The van der Waals surface area contributed by atoms with Crippen molar-refractivity contribution < 1.29 is 22.7 Å². The zero-order valence-corrected chi connectivity index (χ0v) is 18.6. The van der Waals surface area contributed by atoms with Crippen LogP contribution in [0.4, 0.5) is 18.9 Å². The van der Waals surface area contributed by atoms with Crippen molar-refractivity contribution in [2.75, 3.05) is 11.9 Å². The Morgan fingerprint density at radius 3 is 2.50 bits per heavy atom. The Bertz CT molecular complexity index is 1470. The summed E-state index contributed by atoms with van der Waals surface area (Å²) in [7, 11) is 0. The first-order valence-electron chi connectivity index (χ1n) is 10.1. The van der Waals surface area contributed by atoms with Gasteiger partial charge in [-0.05, 0) is 60.8 Å². The van der Waals surface area contributed by atoms with Gasteiger partial charge in [0.2, 0.25) is 5.91 Å². The number of carbonyl (C=O) groups excluding carboxylic acids is 1. The fourth-order valence-electron chi connectivity index (χ4n) is 3.44. The molecule has 2 aromatic carbocycles. The van der Waals surface area contributed by atoms with Crippen molar-refractivity contribution in [3.8, 4) is 11.4 Å². The minimum absolute atomic E-state index is 0.0609. The van der Waals surface area contributed by atoms with Gasteiger partial charge in [-0.1, -0.05) is 6.07 Å². The van der Waals surface area contributed by atoms with Crippen molar-refractivity contribution in [2.24, 2.45) is 0 Å². The molecule has 1 amide bonds. The summed E-state index contributed by atoms with van der Waals surface area (Å²) in [5, 5.41) is 4.00. The highest BCUT2D eigenvalue weighted by molar-refractivity contribution is 7.17. The molecule has 0 saturated heterocycles. The van der Waals surface area contributed by atoms with Gasteiger partial charge in [0.05, 0.1) is 23.4 Å². The van der Waals surface area contributed by atoms with Crippen LogP contribution < -0.4 is 21.3 Å². The maximum Gasteiger partial charge on any atom is 0.416 e. The van der Waals surface area contributed by atoms with E-state index in [1.54, 1.807) is 35.7 Å². The smallest absolute Gasteiger partial charge is 0.416 e. The summed E-state index contributed by atoms with van der Waals surface area (Å²) in [4.78, 5) is 38.9. The number of benzene rings is 2.